The third-order valence-corrected chi connectivity index (χ3v) is 4.85. The molecular formula is C15H19NO3S. The maximum atomic E-state index is 12.1. The van der Waals surface area contributed by atoms with Crippen LogP contribution < -0.4 is 4.74 Å². The van der Waals surface area contributed by atoms with E-state index < -0.39 is 10.0 Å². The fourth-order valence-corrected chi connectivity index (χ4v) is 2.82. The number of ether oxygens (including phenoxy) is 1. The van der Waals surface area contributed by atoms with E-state index in [1.54, 1.807) is 12.1 Å². The Labute approximate surface area is 120 Å². The summed E-state index contributed by atoms with van der Waals surface area (Å²) < 4.78 is 31.0. The molecule has 0 bridgehead atoms. The first-order chi connectivity index (χ1) is 9.45. The van der Waals surface area contributed by atoms with Gasteiger partial charge in [-0.1, -0.05) is 19.1 Å². The number of hydrogen-bond donors (Lipinski definition) is 0. The SMILES string of the molecule is CCCOc1ccc2cc(S(=O)(=O)N(C)C)ccc2c1. The van der Waals surface area contributed by atoms with Gasteiger partial charge in [-0.2, -0.15) is 0 Å². The van der Waals surface area contributed by atoms with Crippen LogP contribution in [-0.4, -0.2) is 33.4 Å². The summed E-state index contributed by atoms with van der Waals surface area (Å²) in [5.41, 5.74) is 0. The minimum absolute atomic E-state index is 0.303. The van der Waals surface area contributed by atoms with Crippen LogP contribution in [0, 0.1) is 0 Å². The molecule has 2 rings (SSSR count). The van der Waals surface area contributed by atoms with Crippen LogP contribution in [0.1, 0.15) is 13.3 Å². The molecule has 108 valence electrons. The van der Waals surface area contributed by atoms with Crippen molar-refractivity contribution in [3.05, 3.63) is 36.4 Å². The summed E-state index contributed by atoms with van der Waals surface area (Å²) in [5, 5.41) is 1.85. The summed E-state index contributed by atoms with van der Waals surface area (Å²) in [5.74, 6) is 0.808. The van der Waals surface area contributed by atoms with Crippen LogP contribution in [0.3, 0.4) is 0 Å². The lowest BCUT2D eigenvalue weighted by atomic mass is 10.1. The molecule has 0 aliphatic heterocycles. The van der Waals surface area contributed by atoms with E-state index in [0.717, 1.165) is 22.9 Å². The molecule has 0 atom stereocenters. The molecule has 0 spiro atoms. The van der Waals surface area contributed by atoms with Crippen molar-refractivity contribution in [2.75, 3.05) is 20.7 Å². The summed E-state index contributed by atoms with van der Waals surface area (Å²) in [6, 6.07) is 10.8. The van der Waals surface area contributed by atoms with E-state index in [9.17, 15) is 8.42 Å². The normalized spacial score (nSPS) is 12.0. The largest absolute Gasteiger partial charge is 0.494 e. The van der Waals surface area contributed by atoms with Crippen molar-refractivity contribution in [2.45, 2.75) is 18.2 Å². The van der Waals surface area contributed by atoms with E-state index in [4.69, 9.17) is 4.74 Å². The van der Waals surface area contributed by atoms with Crippen molar-refractivity contribution >= 4 is 20.8 Å². The summed E-state index contributed by atoms with van der Waals surface area (Å²) in [6.07, 6.45) is 0.956. The first kappa shape index (κ1) is 14.8. The number of benzene rings is 2. The number of nitrogens with zero attached hydrogens (tertiary/aromatic N) is 1. The molecule has 2 aromatic rings. The maximum absolute atomic E-state index is 12.1. The van der Waals surface area contributed by atoms with E-state index in [-0.39, 0.29) is 0 Å². The zero-order valence-electron chi connectivity index (χ0n) is 12.0. The van der Waals surface area contributed by atoms with Gasteiger partial charge in [-0.15, -0.1) is 0 Å². The third kappa shape index (κ3) is 2.94. The first-order valence-electron chi connectivity index (χ1n) is 6.54. The Morgan fingerprint density at radius 3 is 2.35 bits per heavy atom. The molecule has 0 saturated heterocycles. The monoisotopic (exact) mass is 293 g/mol. The minimum Gasteiger partial charge on any atom is -0.494 e. The van der Waals surface area contributed by atoms with Gasteiger partial charge in [0, 0.05) is 14.1 Å². The first-order valence-corrected chi connectivity index (χ1v) is 7.98. The van der Waals surface area contributed by atoms with Gasteiger partial charge in [-0.05, 0) is 41.5 Å². The van der Waals surface area contributed by atoms with Gasteiger partial charge in [0.1, 0.15) is 5.75 Å². The van der Waals surface area contributed by atoms with Gasteiger partial charge in [-0.25, -0.2) is 12.7 Å². The Hall–Kier alpha value is -1.59. The third-order valence-electron chi connectivity index (χ3n) is 3.03. The second-order valence-corrected chi connectivity index (χ2v) is 6.96. The Bertz CT molecular complexity index is 708. The number of fused-ring (bicyclic) bond motifs is 1. The number of sulfonamides is 1. The van der Waals surface area contributed by atoms with Gasteiger partial charge < -0.3 is 4.74 Å². The summed E-state index contributed by atoms with van der Waals surface area (Å²) >= 11 is 0. The molecular weight excluding hydrogens is 274 g/mol. The van der Waals surface area contributed by atoms with Crippen molar-refractivity contribution in [2.24, 2.45) is 0 Å². The smallest absolute Gasteiger partial charge is 0.242 e. The van der Waals surface area contributed by atoms with Gasteiger partial charge in [0.05, 0.1) is 11.5 Å². The van der Waals surface area contributed by atoms with Gasteiger partial charge in [0.2, 0.25) is 10.0 Å². The summed E-state index contributed by atoms with van der Waals surface area (Å²) in [7, 11) is -0.333. The van der Waals surface area contributed by atoms with Crippen LogP contribution in [0.2, 0.25) is 0 Å². The van der Waals surface area contributed by atoms with E-state index in [1.165, 1.54) is 18.4 Å². The molecule has 0 radical (unpaired) electrons. The average molecular weight is 293 g/mol. The number of rotatable bonds is 5. The molecule has 4 nitrogen and oxygen atoms in total. The number of hydrogen-bond acceptors (Lipinski definition) is 3. The van der Waals surface area contributed by atoms with Crippen molar-refractivity contribution in [3.8, 4) is 5.75 Å². The van der Waals surface area contributed by atoms with E-state index in [2.05, 4.69) is 6.92 Å². The predicted octanol–water partition coefficient (Wildman–Crippen LogP) is 2.88. The molecule has 0 fully saturated rings. The zero-order chi connectivity index (χ0) is 14.8. The van der Waals surface area contributed by atoms with E-state index in [0.29, 0.717) is 11.5 Å². The standard InChI is InChI=1S/C15H19NO3S/c1-4-9-19-14-7-5-13-11-15(8-6-12(13)10-14)20(17,18)16(2)3/h5-8,10-11H,4,9H2,1-3H3. The van der Waals surface area contributed by atoms with Crippen molar-refractivity contribution in [3.63, 3.8) is 0 Å². The molecule has 0 amide bonds. The maximum Gasteiger partial charge on any atom is 0.242 e. The van der Waals surface area contributed by atoms with E-state index in [1.807, 2.05) is 24.3 Å². The Morgan fingerprint density at radius 2 is 1.70 bits per heavy atom. The van der Waals surface area contributed by atoms with Gasteiger partial charge >= 0.3 is 0 Å². The van der Waals surface area contributed by atoms with Crippen LogP contribution in [0.25, 0.3) is 10.8 Å². The summed E-state index contributed by atoms with van der Waals surface area (Å²) in [4.78, 5) is 0.303. The molecule has 20 heavy (non-hydrogen) atoms. The molecule has 0 saturated carbocycles. The lowest BCUT2D eigenvalue weighted by molar-refractivity contribution is 0.318. The van der Waals surface area contributed by atoms with Crippen molar-refractivity contribution in [1.82, 2.24) is 4.31 Å². The van der Waals surface area contributed by atoms with Gasteiger partial charge in [0.25, 0.3) is 0 Å². The molecule has 5 heteroatoms. The molecule has 0 unspecified atom stereocenters. The fraction of sp³-hybridized carbons (Fsp3) is 0.333. The lowest BCUT2D eigenvalue weighted by Gasteiger charge is -2.12. The Morgan fingerprint density at radius 1 is 1.05 bits per heavy atom. The van der Waals surface area contributed by atoms with Crippen molar-refractivity contribution < 1.29 is 13.2 Å². The molecule has 0 N–H and O–H groups in total. The zero-order valence-corrected chi connectivity index (χ0v) is 12.8. The minimum atomic E-state index is -3.39. The van der Waals surface area contributed by atoms with Gasteiger partial charge in [-0.3, -0.25) is 0 Å². The molecule has 0 heterocycles. The molecule has 0 aromatic heterocycles. The molecule has 0 aliphatic carbocycles. The van der Waals surface area contributed by atoms with Crippen LogP contribution in [-0.2, 0) is 10.0 Å². The van der Waals surface area contributed by atoms with Crippen LogP contribution in [0.4, 0.5) is 0 Å². The highest BCUT2D eigenvalue weighted by molar-refractivity contribution is 7.89. The van der Waals surface area contributed by atoms with Crippen molar-refractivity contribution in [1.29, 1.82) is 0 Å². The average Bonchev–Trinajstić information content (AvgIpc) is 2.44. The molecule has 2 aromatic carbocycles. The lowest BCUT2D eigenvalue weighted by Crippen LogP contribution is -2.22. The van der Waals surface area contributed by atoms with Crippen LogP contribution in [0.5, 0.6) is 5.75 Å². The predicted molar refractivity (Wildman–Crippen MR) is 80.6 cm³/mol. The Balaban J connectivity index is 2.42. The van der Waals surface area contributed by atoms with Gasteiger partial charge in [0.15, 0.2) is 0 Å². The van der Waals surface area contributed by atoms with Crippen LogP contribution in [0.15, 0.2) is 41.3 Å². The highest BCUT2D eigenvalue weighted by Gasteiger charge is 2.17. The second kappa shape index (κ2) is 5.81. The van der Waals surface area contributed by atoms with E-state index >= 15 is 0 Å². The van der Waals surface area contributed by atoms with Crippen LogP contribution >= 0.6 is 0 Å². The second-order valence-electron chi connectivity index (χ2n) is 4.81. The Kier molecular flexibility index (Phi) is 4.30. The highest BCUT2D eigenvalue weighted by Crippen LogP contribution is 2.24. The highest BCUT2D eigenvalue weighted by atomic mass is 32.2. The summed E-state index contributed by atoms with van der Waals surface area (Å²) in [6.45, 7) is 2.73. The topological polar surface area (TPSA) is 46.6 Å². The molecule has 0 aliphatic rings. The fourth-order valence-electron chi connectivity index (χ4n) is 1.88. The quantitative estimate of drug-likeness (QED) is 0.851.